The second-order valence-electron chi connectivity index (χ2n) is 3.40. The van der Waals surface area contributed by atoms with Crippen LogP contribution in [0.1, 0.15) is 52.9 Å². The molecule has 0 bridgehead atoms. The highest BCUT2D eigenvalue weighted by atomic mass is 16.1. The Morgan fingerprint density at radius 3 is 1.92 bits per heavy atom. The molecule has 0 saturated heterocycles. The first-order valence-corrected chi connectivity index (χ1v) is 4.96. The van der Waals surface area contributed by atoms with Crippen molar-refractivity contribution < 1.29 is 4.79 Å². The van der Waals surface area contributed by atoms with E-state index in [0.717, 1.165) is 38.5 Å². The summed E-state index contributed by atoms with van der Waals surface area (Å²) in [5.74, 6) is 0. The van der Waals surface area contributed by atoms with Crippen LogP contribution in [0.5, 0.6) is 0 Å². The standard InChI is InChI=1S/C10H21NO/c1-4-7-10(6-3,8-5-2)11-9-12/h9H,4-8H2,1-3H3,(H,11,12). The van der Waals surface area contributed by atoms with Crippen LogP contribution in [0, 0.1) is 0 Å². The molecular formula is C10H21NO. The number of hydrogen-bond acceptors (Lipinski definition) is 1. The fourth-order valence-electron chi connectivity index (χ4n) is 1.81. The van der Waals surface area contributed by atoms with Gasteiger partial charge in [-0.05, 0) is 19.3 Å². The fourth-order valence-corrected chi connectivity index (χ4v) is 1.81. The highest BCUT2D eigenvalue weighted by Gasteiger charge is 2.24. The van der Waals surface area contributed by atoms with Crippen molar-refractivity contribution in [3.05, 3.63) is 0 Å². The summed E-state index contributed by atoms with van der Waals surface area (Å²) < 4.78 is 0. The van der Waals surface area contributed by atoms with Crippen molar-refractivity contribution in [1.82, 2.24) is 5.32 Å². The third-order valence-corrected chi connectivity index (χ3v) is 2.50. The maximum atomic E-state index is 10.4. The van der Waals surface area contributed by atoms with Crippen LogP contribution >= 0.6 is 0 Å². The molecular weight excluding hydrogens is 150 g/mol. The molecule has 0 saturated carbocycles. The summed E-state index contributed by atoms with van der Waals surface area (Å²) in [6.07, 6.45) is 6.33. The van der Waals surface area contributed by atoms with Crippen LogP contribution < -0.4 is 5.32 Å². The number of rotatable bonds is 7. The first kappa shape index (κ1) is 11.5. The monoisotopic (exact) mass is 171 g/mol. The lowest BCUT2D eigenvalue weighted by atomic mass is 9.86. The summed E-state index contributed by atoms with van der Waals surface area (Å²) in [5.41, 5.74) is 0.0747. The van der Waals surface area contributed by atoms with E-state index >= 15 is 0 Å². The second kappa shape index (κ2) is 6.04. The number of carbonyl (C=O) groups is 1. The number of nitrogens with one attached hydrogen (secondary N) is 1. The van der Waals surface area contributed by atoms with E-state index in [4.69, 9.17) is 0 Å². The van der Waals surface area contributed by atoms with E-state index in [1.807, 2.05) is 0 Å². The van der Waals surface area contributed by atoms with Crippen LogP contribution in [-0.2, 0) is 4.79 Å². The minimum absolute atomic E-state index is 0.0747. The van der Waals surface area contributed by atoms with Crippen molar-refractivity contribution in [1.29, 1.82) is 0 Å². The Balaban J connectivity index is 4.15. The van der Waals surface area contributed by atoms with Gasteiger partial charge in [-0.2, -0.15) is 0 Å². The molecule has 12 heavy (non-hydrogen) atoms. The Labute approximate surface area is 75.7 Å². The number of carbonyl (C=O) groups excluding carboxylic acids is 1. The van der Waals surface area contributed by atoms with Crippen LogP contribution in [-0.4, -0.2) is 11.9 Å². The van der Waals surface area contributed by atoms with Gasteiger partial charge in [0.25, 0.3) is 0 Å². The van der Waals surface area contributed by atoms with Gasteiger partial charge in [-0.3, -0.25) is 4.79 Å². The molecule has 2 nitrogen and oxygen atoms in total. The first-order chi connectivity index (χ1) is 5.74. The van der Waals surface area contributed by atoms with E-state index in [9.17, 15) is 4.79 Å². The van der Waals surface area contributed by atoms with E-state index in [1.165, 1.54) is 0 Å². The van der Waals surface area contributed by atoms with Gasteiger partial charge in [0.15, 0.2) is 0 Å². The third kappa shape index (κ3) is 3.24. The first-order valence-electron chi connectivity index (χ1n) is 4.96. The Bertz CT molecular complexity index is 117. The molecule has 0 aromatic heterocycles. The summed E-state index contributed by atoms with van der Waals surface area (Å²) in [6.45, 7) is 6.46. The van der Waals surface area contributed by atoms with Crippen LogP contribution in [0.4, 0.5) is 0 Å². The minimum atomic E-state index is 0.0747. The van der Waals surface area contributed by atoms with Gasteiger partial charge in [0.05, 0.1) is 0 Å². The summed E-state index contributed by atoms with van der Waals surface area (Å²) in [6, 6.07) is 0. The van der Waals surface area contributed by atoms with E-state index in [1.54, 1.807) is 0 Å². The van der Waals surface area contributed by atoms with Gasteiger partial charge in [0.2, 0.25) is 6.41 Å². The molecule has 1 N–H and O–H groups in total. The Kier molecular flexibility index (Phi) is 5.77. The zero-order valence-electron chi connectivity index (χ0n) is 8.52. The molecule has 0 unspecified atom stereocenters. The quantitative estimate of drug-likeness (QED) is 0.586. The molecule has 0 fully saturated rings. The lowest BCUT2D eigenvalue weighted by Crippen LogP contribution is -2.43. The summed E-state index contributed by atoms with van der Waals surface area (Å²) >= 11 is 0. The van der Waals surface area contributed by atoms with Crippen LogP contribution in [0.15, 0.2) is 0 Å². The van der Waals surface area contributed by atoms with Crippen molar-refractivity contribution in [2.45, 2.75) is 58.4 Å². The molecule has 72 valence electrons. The van der Waals surface area contributed by atoms with E-state index in [-0.39, 0.29) is 5.54 Å². The molecule has 0 aliphatic carbocycles. The van der Waals surface area contributed by atoms with Crippen LogP contribution in [0.2, 0.25) is 0 Å². The van der Waals surface area contributed by atoms with Crippen LogP contribution in [0.25, 0.3) is 0 Å². The zero-order chi connectivity index (χ0) is 9.45. The van der Waals surface area contributed by atoms with Gasteiger partial charge < -0.3 is 5.32 Å². The lowest BCUT2D eigenvalue weighted by Gasteiger charge is -2.31. The zero-order valence-corrected chi connectivity index (χ0v) is 8.52. The second-order valence-corrected chi connectivity index (χ2v) is 3.40. The largest absolute Gasteiger partial charge is 0.353 e. The number of amides is 1. The van der Waals surface area contributed by atoms with Gasteiger partial charge in [-0.15, -0.1) is 0 Å². The molecule has 0 rings (SSSR count). The van der Waals surface area contributed by atoms with Crippen molar-refractivity contribution in [3.8, 4) is 0 Å². The molecule has 0 aliphatic rings. The molecule has 0 spiro atoms. The maximum absolute atomic E-state index is 10.4. The van der Waals surface area contributed by atoms with Crippen molar-refractivity contribution in [2.24, 2.45) is 0 Å². The Morgan fingerprint density at radius 2 is 1.67 bits per heavy atom. The van der Waals surface area contributed by atoms with Gasteiger partial charge in [0.1, 0.15) is 0 Å². The van der Waals surface area contributed by atoms with E-state index in [0.29, 0.717) is 0 Å². The molecule has 0 radical (unpaired) electrons. The SMILES string of the molecule is CCCC(CC)(CCC)NC=O. The van der Waals surface area contributed by atoms with Gasteiger partial charge in [-0.1, -0.05) is 33.6 Å². The van der Waals surface area contributed by atoms with E-state index < -0.39 is 0 Å². The van der Waals surface area contributed by atoms with E-state index in [2.05, 4.69) is 26.1 Å². The third-order valence-electron chi connectivity index (χ3n) is 2.50. The van der Waals surface area contributed by atoms with Crippen LogP contribution in [0.3, 0.4) is 0 Å². The van der Waals surface area contributed by atoms with Gasteiger partial charge >= 0.3 is 0 Å². The predicted molar refractivity (Wildman–Crippen MR) is 52.0 cm³/mol. The highest BCUT2D eigenvalue weighted by molar-refractivity contribution is 5.47. The molecule has 0 heterocycles. The average Bonchev–Trinajstić information content (AvgIpc) is 2.06. The summed E-state index contributed by atoms with van der Waals surface area (Å²) in [4.78, 5) is 10.4. The summed E-state index contributed by atoms with van der Waals surface area (Å²) in [5, 5.41) is 2.97. The van der Waals surface area contributed by atoms with Gasteiger partial charge in [0, 0.05) is 5.54 Å². The maximum Gasteiger partial charge on any atom is 0.207 e. The molecule has 0 aliphatic heterocycles. The molecule has 0 atom stereocenters. The van der Waals surface area contributed by atoms with Crippen molar-refractivity contribution in [2.75, 3.05) is 0 Å². The normalized spacial score (nSPS) is 11.2. The predicted octanol–water partition coefficient (Wildman–Crippen LogP) is 2.48. The molecule has 0 aromatic carbocycles. The fraction of sp³-hybridized carbons (Fsp3) is 0.900. The van der Waals surface area contributed by atoms with Crippen molar-refractivity contribution >= 4 is 6.41 Å². The highest BCUT2D eigenvalue weighted by Crippen LogP contribution is 2.22. The van der Waals surface area contributed by atoms with Crippen molar-refractivity contribution in [3.63, 3.8) is 0 Å². The number of hydrogen-bond donors (Lipinski definition) is 1. The lowest BCUT2D eigenvalue weighted by molar-refractivity contribution is -0.111. The molecule has 0 aromatic rings. The minimum Gasteiger partial charge on any atom is -0.353 e. The average molecular weight is 171 g/mol. The molecule has 1 amide bonds. The van der Waals surface area contributed by atoms with Gasteiger partial charge in [-0.25, -0.2) is 0 Å². The Morgan fingerprint density at radius 1 is 1.17 bits per heavy atom. The molecule has 2 heteroatoms. The summed E-state index contributed by atoms with van der Waals surface area (Å²) in [7, 11) is 0. The smallest absolute Gasteiger partial charge is 0.207 e. The Hall–Kier alpha value is -0.530. The topological polar surface area (TPSA) is 29.1 Å².